The first-order valence-corrected chi connectivity index (χ1v) is 7.88. The minimum Gasteiger partial charge on any atom is -0.396 e. The summed E-state index contributed by atoms with van der Waals surface area (Å²) >= 11 is 0. The number of nitrogens with one attached hydrogen (secondary N) is 1. The first-order chi connectivity index (χ1) is 9.24. The van der Waals surface area contributed by atoms with Crippen molar-refractivity contribution in [3.8, 4) is 0 Å². The lowest BCUT2D eigenvalue weighted by atomic mass is 9.74. The average molecular weight is 270 g/mol. The van der Waals surface area contributed by atoms with Crippen LogP contribution >= 0.6 is 0 Å². The minimum absolute atomic E-state index is 0.150. The molecule has 0 spiro atoms. The Morgan fingerprint density at radius 3 is 2.53 bits per heavy atom. The van der Waals surface area contributed by atoms with Crippen LogP contribution in [0.25, 0.3) is 0 Å². The summed E-state index contributed by atoms with van der Waals surface area (Å²) in [6.07, 6.45) is 6.26. The molecule has 4 heteroatoms. The number of aliphatic hydroxyl groups is 1. The maximum Gasteiger partial charge on any atom is 0.0594 e. The highest BCUT2D eigenvalue weighted by molar-refractivity contribution is 4.85. The van der Waals surface area contributed by atoms with Crippen molar-refractivity contribution >= 4 is 0 Å². The summed E-state index contributed by atoms with van der Waals surface area (Å²) in [7, 11) is 0. The van der Waals surface area contributed by atoms with E-state index in [0.29, 0.717) is 12.6 Å². The van der Waals surface area contributed by atoms with E-state index >= 15 is 0 Å². The molecule has 1 unspecified atom stereocenters. The Labute approximate surface area is 117 Å². The highest BCUT2D eigenvalue weighted by Crippen LogP contribution is 2.35. The van der Waals surface area contributed by atoms with Crippen molar-refractivity contribution in [2.75, 3.05) is 46.0 Å². The van der Waals surface area contributed by atoms with Crippen LogP contribution in [-0.2, 0) is 4.74 Å². The zero-order valence-corrected chi connectivity index (χ0v) is 12.4. The second-order valence-corrected chi connectivity index (χ2v) is 6.41. The number of morpholine rings is 1. The molecule has 0 aromatic rings. The Hall–Kier alpha value is -0.160. The summed E-state index contributed by atoms with van der Waals surface area (Å²) in [5.74, 6) is 0. The zero-order chi connectivity index (χ0) is 13.6. The van der Waals surface area contributed by atoms with E-state index in [9.17, 15) is 5.11 Å². The van der Waals surface area contributed by atoms with E-state index in [1.165, 1.54) is 32.1 Å². The molecular formula is C15H30N2O2. The maximum absolute atomic E-state index is 9.71. The molecule has 1 atom stereocenters. The molecule has 0 aromatic heterocycles. The SMILES string of the molecule is CC(CN1CCOCC1)NCC1(CO)CCCCC1. The van der Waals surface area contributed by atoms with Crippen LogP contribution < -0.4 is 5.32 Å². The molecule has 0 amide bonds. The number of aliphatic hydroxyl groups excluding tert-OH is 1. The Balaban J connectivity index is 1.70. The average Bonchev–Trinajstić information content (AvgIpc) is 2.47. The first kappa shape index (κ1) is 15.2. The van der Waals surface area contributed by atoms with E-state index < -0.39 is 0 Å². The number of hydrogen-bond donors (Lipinski definition) is 2. The van der Waals surface area contributed by atoms with Crippen molar-refractivity contribution in [3.05, 3.63) is 0 Å². The zero-order valence-electron chi connectivity index (χ0n) is 12.4. The maximum atomic E-state index is 9.71. The number of hydrogen-bond acceptors (Lipinski definition) is 4. The van der Waals surface area contributed by atoms with Gasteiger partial charge in [-0.05, 0) is 19.8 Å². The molecule has 2 aliphatic rings. The van der Waals surface area contributed by atoms with Gasteiger partial charge in [-0.15, -0.1) is 0 Å². The molecule has 1 aliphatic carbocycles. The van der Waals surface area contributed by atoms with Crippen LogP contribution in [0.4, 0.5) is 0 Å². The van der Waals surface area contributed by atoms with E-state index in [4.69, 9.17) is 4.74 Å². The lowest BCUT2D eigenvalue weighted by molar-refractivity contribution is 0.0318. The molecule has 112 valence electrons. The van der Waals surface area contributed by atoms with E-state index in [0.717, 1.165) is 39.4 Å². The van der Waals surface area contributed by atoms with Gasteiger partial charge < -0.3 is 15.2 Å². The lowest BCUT2D eigenvalue weighted by Gasteiger charge is -2.37. The van der Waals surface area contributed by atoms with Crippen LogP contribution in [0.3, 0.4) is 0 Å². The molecule has 1 heterocycles. The van der Waals surface area contributed by atoms with Gasteiger partial charge in [-0.3, -0.25) is 4.90 Å². The normalized spacial score (nSPS) is 26.2. The first-order valence-electron chi connectivity index (χ1n) is 7.88. The molecule has 1 saturated carbocycles. The summed E-state index contributed by atoms with van der Waals surface area (Å²) < 4.78 is 5.37. The number of nitrogens with zero attached hydrogens (tertiary/aromatic N) is 1. The van der Waals surface area contributed by atoms with Gasteiger partial charge in [0.2, 0.25) is 0 Å². The van der Waals surface area contributed by atoms with Crippen molar-refractivity contribution in [1.29, 1.82) is 0 Å². The summed E-state index contributed by atoms with van der Waals surface area (Å²) in [6, 6.07) is 0.489. The Bertz CT molecular complexity index is 249. The third-order valence-electron chi connectivity index (χ3n) is 4.71. The molecular weight excluding hydrogens is 240 g/mol. The molecule has 19 heavy (non-hydrogen) atoms. The quantitative estimate of drug-likeness (QED) is 0.762. The molecule has 2 rings (SSSR count). The fourth-order valence-electron chi connectivity index (χ4n) is 3.32. The molecule has 0 bridgehead atoms. The molecule has 0 aromatic carbocycles. The molecule has 4 nitrogen and oxygen atoms in total. The van der Waals surface area contributed by atoms with Gasteiger partial charge in [-0.25, -0.2) is 0 Å². The topological polar surface area (TPSA) is 44.7 Å². The van der Waals surface area contributed by atoms with Crippen molar-refractivity contribution in [2.24, 2.45) is 5.41 Å². The summed E-state index contributed by atoms with van der Waals surface area (Å²) in [5.41, 5.74) is 0.150. The molecule has 1 aliphatic heterocycles. The van der Waals surface area contributed by atoms with E-state index in [2.05, 4.69) is 17.1 Å². The highest BCUT2D eigenvalue weighted by atomic mass is 16.5. The second kappa shape index (κ2) is 7.58. The van der Waals surface area contributed by atoms with Crippen molar-refractivity contribution in [1.82, 2.24) is 10.2 Å². The van der Waals surface area contributed by atoms with Crippen molar-refractivity contribution < 1.29 is 9.84 Å². The molecule has 2 N–H and O–H groups in total. The molecule has 1 saturated heterocycles. The Morgan fingerprint density at radius 1 is 1.21 bits per heavy atom. The van der Waals surface area contributed by atoms with Crippen LogP contribution in [0.2, 0.25) is 0 Å². The van der Waals surface area contributed by atoms with Gasteiger partial charge in [0.05, 0.1) is 13.2 Å². The van der Waals surface area contributed by atoms with Gasteiger partial charge in [-0.1, -0.05) is 19.3 Å². The van der Waals surface area contributed by atoms with Gasteiger partial charge in [0, 0.05) is 44.2 Å². The van der Waals surface area contributed by atoms with Gasteiger partial charge in [0.1, 0.15) is 0 Å². The van der Waals surface area contributed by atoms with Crippen molar-refractivity contribution in [2.45, 2.75) is 45.1 Å². The van der Waals surface area contributed by atoms with Crippen LogP contribution in [0.15, 0.2) is 0 Å². The van der Waals surface area contributed by atoms with Crippen LogP contribution in [0, 0.1) is 5.41 Å². The Kier molecular flexibility index (Phi) is 6.07. The van der Waals surface area contributed by atoms with Crippen LogP contribution in [-0.4, -0.2) is 62.0 Å². The fraction of sp³-hybridized carbons (Fsp3) is 1.00. The van der Waals surface area contributed by atoms with E-state index in [1.54, 1.807) is 0 Å². The standard InChI is InChI=1S/C15H30N2O2/c1-14(11-17-7-9-19-10-8-17)16-12-15(13-18)5-3-2-4-6-15/h14,16,18H,2-13H2,1H3. The monoisotopic (exact) mass is 270 g/mol. The predicted octanol–water partition coefficient (Wildman–Crippen LogP) is 1.24. The molecule has 2 fully saturated rings. The van der Waals surface area contributed by atoms with E-state index in [1.807, 2.05) is 0 Å². The van der Waals surface area contributed by atoms with Gasteiger partial charge in [0.15, 0.2) is 0 Å². The van der Waals surface area contributed by atoms with Gasteiger partial charge in [-0.2, -0.15) is 0 Å². The number of rotatable bonds is 6. The van der Waals surface area contributed by atoms with Crippen molar-refractivity contribution in [3.63, 3.8) is 0 Å². The highest BCUT2D eigenvalue weighted by Gasteiger charge is 2.31. The summed E-state index contributed by atoms with van der Waals surface area (Å²) in [6.45, 7) is 8.49. The summed E-state index contributed by atoms with van der Waals surface area (Å²) in [5, 5.41) is 13.4. The number of ether oxygens (including phenoxy) is 1. The third kappa shape index (κ3) is 4.71. The minimum atomic E-state index is 0.150. The Morgan fingerprint density at radius 2 is 1.89 bits per heavy atom. The molecule has 0 radical (unpaired) electrons. The fourth-order valence-corrected chi connectivity index (χ4v) is 3.32. The van der Waals surface area contributed by atoms with Gasteiger partial charge in [0.25, 0.3) is 0 Å². The predicted molar refractivity (Wildman–Crippen MR) is 77.3 cm³/mol. The smallest absolute Gasteiger partial charge is 0.0594 e. The van der Waals surface area contributed by atoms with E-state index in [-0.39, 0.29) is 5.41 Å². The third-order valence-corrected chi connectivity index (χ3v) is 4.71. The van der Waals surface area contributed by atoms with Gasteiger partial charge >= 0.3 is 0 Å². The largest absolute Gasteiger partial charge is 0.396 e. The van der Waals surface area contributed by atoms with Crippen LogP contribution in [0.5, 0.6) is 0 Å². The summed E-state index contributed by atoms with van der Waals surface area (Å²) in [4.78, 5) is 2.47. The van der Waals surface area contributed by atoms with Crippen LogP contribution in [0.1, 0.15) is 39.0 Å². The lowest BCUT2D eigenvalue weighted by Crippen LogP contribution is -2.48. The second-order valence-electron chi connectivity index (χ2n) is 6.41.